The first kappa shape index (κ1) is 65.1. The van der Waals surface area contributed by atoms with Gasteiger partial charge in [-0.3, -0.25) is 29.0 Å². The SMILES string of the molecule is COC(=O)C(O)c1c(C2=CCC(C)(C)CC2)c(-c2ccncc2)nn1C.COC(=O)C(OC(C)(C)C)c1c(C2=CCC(C)(C)CC2)c(-c2ccncc2)nn1C.Cn1nc(-c2ccncc2)c(C2=CCC(C)(C)CC2)c1C(OC(C)(C)C)C(=O)O. The predicted octanol–water partition coefficient (Wildman–Crippen LogP) is 13.4. The van der Waals surface area contributed by atoms with Crippen LogP contribution in [-0.4, -0.2) is 97.8 Å². The topological polar surface area (TPSA) is 221 Å². The second-order valence-electron chi connectivity index (χ2n) is 26.7. The lowest BCUT2D eigenvalue weighted by atomic mass is 9.76. The van der Waals surface area contributed by atoms with Crippen molar-refractivity contribution >= 4 is 34.6 Å². The molecule has 6 heterocycles. The van der Waals surface area contributed by atoms with E-state index in [2.05, 4.69) is 79.8 Å². The number of carboxylic acids is 1. The lowest BCUT2D eigenvalue weighted by Gasteiger charge is -2.30. The molecule has 0 amide bonds. The molecule has 0 bridgehead atoms. The molecule has 0 saturated carbocycles. The first-order valence-electron chi connectivity index (χ1n) is 29.3. The molecule has 9 rings (SSSR count). The third-order valence-electron chi connectivity index (χ3n) is 15.8. The molecular weight excluding hydrogens is 1070 g/mol. The summed E-state index contributed by atoms with van der Waals surface area (Å²) in [5.74, 6) is -2.12. The van der Waals surface area contributed by atoms with Gasteiger partial charge in [-0.15, -0.1) is 0 Å². The standard InChI is InChI=1S/C24H33N3O3.C23H31N3O3.C20H25N3O3/c1-23(2,3)30-21(22(28)29-7)20-18(16-8-12-24(4,5)13-9-16)19(26-27(20)6)17-10-14-25-15-11-17;1-22(2,3)29-20(21(27)28)19-17(15-7-11-23(4,5)12-8-15)18(25-26(19)6)16-9-13-24-14-10-16;1-20(2)9-5-13(6-10-20)15-16(14-7-11-21-12-8-14)22-23(3)17(15)18(24)19(25)26-4/h8,10-11,14-15,21H,9,12-13H2,1-7H3;7,9-10,13-14,20H,8,11-12H2,1-6H3,(H,27,28);5,7-8,11-12,18,24H,6,9-10H2,1-4H3. The van der Waals surface area contributed by atoms with E-state index in [1.165, 1.54) is 19.8 Å². The summed E-state index contributed by atoms with van der Waals surface area (Å²) < 4.78 is 27.1. The Bertz CT molecular complexity index is 3410. The van der Waals surface area contributed by atoms with E-state index in [1.807, 2.05) is 85.0 Å². The molecule has 456 valence electrons. The van der Waals surface area contributed by atoms with Crippen LogP contribution in [-0.2, 0) is 54.5 Å². The number of esters is 2. The lowest BCUT2D eigenvalue weighted by molar-refractivity contribution is -0.165. The molecule has 6 aromatic heterocycles. The van der Waals surface area contributed by atoms with E-state index in [1.54, 1.807) is 65.3 Å². The molecule has 0 aliphatic heterocycles. The zero-order chi connectivity index (χ0) is 62.4. The Balaban J connectivity index is 0.000000183. The van der Waals surface area contributed by atoms with Crippen molar-refractivity contribution in [1.82, 2.24) is 44.3 Å². The van der Waals surface area contributed by atoms with Crippen LogP contribution in [0.25, 0.3) is 50.5 Å². The maximum Gasteiger partial charge on any atom is 0.341 e. The smallest absolute Gasteiger partial charge is 0.341 e. The fourth-order valence-corrected chi connectivity index (χ4v) is 11.0. The summed E-state index contributed by atoms with van der Waals surface area (Å²) in [4.78, 5) is 49.3. The summed E-state index contributed by atoms with van der Waals surface area (Å²) in [6.07, 6.45) is 22.5. The zero-order valence-electron chi connectivity index (χ0n) is 53.0. The molecule has 3 atom stereocenters. The quantitative estimate of drug-likeness (QED) is 0.0969. The van der Waals surface area contributed by atoms with E-state index in [9.17, 15) is 24.6 Å². The highest BCUT2D eigenvalue weighted by Crippen LogP contribution is 2.47. The molecule has 18 heteroatoms. The number of nitrogens with zero attached hydrogens (tertiary/aromatic N) is 9. The number of aryl methyl sites for hydroxylation is 3. The van der Waals surface area contributed by atoms with Gasteiger partial charge in [-0.1, -0.05) is 59.8 Å². The van der Waals surface area contributed by atoms with Gasteiger partial charge in [0.1, 0.15) is 17.1 Å². The van der Waals surface area contributed by atoms with Crippen LogP contribution in [0.5, 0.6) is 0 Å². The van der Waals surface area contributed by atoms with Crippen molar-refractivity contribution in [2.45, 2.75) is 170 Å². The molecule has 85 heavy (non-hydrogen) atoms. The summed E-state index contributed by atoms with van der Waals surface area (Å²) >= 11 is 0. The molecule has 2 N–H and O–H groups in total. The number of carboxylic acid groups (broad SMARTS) is 1. The van der Waals surface area contributed by atoms with Crippen LogP contribution in [0.3, 0.4) is 0 Å². The molecule has 3 unspecified atom stereocenters. The van der Waals surface area contributed by atoms with E-state index >= 15 is 0 Å². The second kappa shape index (κ2) is 26.5. The van der Waals surface area contributed by atoms with Gasteiger partial charge < -0.3 is 29.2 Å². The monoisotopic (exact) mass is 1160 g/mol. The number of aliphatic carboxylic acids is 1. The number of allylic oxidation sites excluding steroid dienone is 6. The van der Waals surface area contributed by atoms with Crippen molar-refractivity contribution in [2.24, 2.45) is 37.4 Å². The van der Waals surface area contributed by atoms with E-state index in [4.69, 9.17) is 29.1 Å². The number of carbonyl (C=O) groups excluding carboxylic acids is 2. The van der Waals surface area contributed by atoms with Crippen molar-refractivity contribution in [3.05, 3.63) is 126 Å². The number of carbonyl (C=O) groups is 3. The number of hydrogen-bond acceptors (Lipinski definition) is 14. The Labute approximate surface area is 501 Å². The number of methoxy groups -OCH3 is 2. The molecule has 3 aliphatic carbocycles. The number of rotatable bonds is 14. The van der Waals surface area contributed by atoms with Crippen molar-refractivity contribution in [3.63, 3.8) is 0 Å². The van der Waals surface area contributed by atoms with Gasteiger partial charge in [0.25, 0.3) is 0 Å². The largest absolute Gasteiger partial charge is 0.479 e. The van der Waals surface area contributed by atoms with E-state index in [0.29, 0.717) is 11.4 Å². The van der Waals surface area contributed by atoms with E-state index in [-0.39, 0.29) is 16.2 Å². The minimum absolute atomic E-state index is 0.247. The number of hydrogen-bond donors (Lipinski definition) is 2. The summed E-state index contributed by atoms with van der Waals surface area (Å²) in [7, 11) is 8.05. The predicted molar refractivity (Wildman–Crippen MR) is 330 cm³/mol. The van der Waals surface area contributed by atoms with Gasteiger partial charge in [-0.05, 0) is 169 Å². The van der Waals surface area contributed by atoms with Crippen molar-refractivity contribution in [2.75, 3.05) is 14.2 Å². The highest BCUT2D eigenvalue weighted by molar-refractivity contribution is 5.88. The molecule has 0 aromatic carbocycles. The number of aliphatic hydroxyl groups is 1. The fraction of sp³-hybridized carbons (Fsp3) is 0.507. The number of ether oxygens (including phenoxy) is 4. The lowest BCUT2D eigenvalue weighted by Crippen LogP contribution is -2.30. The fourth-order valence-electron chi connectivity index (χ4n) is 11.0. The minimum atomic E-state index is -1.38. The van der Waals surface area contributed by atoms with Crippen LogP contribution >= 0.6 is 0 Å². The Morgan fingerprint density at radius 1 is 0.494 bits per heavy atom. The number of aliphatic hydroxyl groups excluding tert-OH is 1. The molecule has 0 saturated heterocycles. The van der Waals surface area contributed by atoms with Gasteiger partial charge in [-0.25, -0.2) is 14.4 Å². The molecule has 0 spiro atoms. The van der Waals surface area contributed by atoms with Crippen LogP contribution in [0.4, 0.5) is 0 Å². The Morgan fingerprint density at radius 2 is 0.788 bits per heavy atom. The Hall–Kier alpha value is -7.41. The van der Waals surface area contributed by atoms with E-state index < -0.39 is 47.4 Å². The van der Waals surface area contributed by atoms with Gasteiger partial charge in [0.05, 0.1) is 42.5 Å². The Kier molecular flexibility index (Phi) is 20.3. The normalized spacial score (nSPS) is 17.5. The van der Waals surface area contributed by atoms with Gasteiger partial charge >= 0.3 is 17.9 Å². The highest BCUT2D eigenvalue weighted by Gasteiger charge is 2.39. The van der Waals surface area contributed by atoms with Crippen molar-refractivity contribution in [1.29, 1.82) is 0 Å². The summed E-state index contributed by atoms with van der Waals surface area (Å²) in [6, 6.07) is 11.5. The third-order valence-corrected chi connectivity index (χ3v) is 15.8. The summed E-state index contributed by atoms with van der Waals surface area (Å²) in [5.41, 5.74) is 12.7. The number of aromatic nitrogens is 9. The average molecular weight is 1160 g/mol. The van der Waals surface area contributed by atoms with Crippen LogP contribution < -0.4 is 0 Å². The summed E-state index contributed by atoms with van der Waals surface area (Å²) in [5, 5.41) is 34.7. The minimum Gasteiger partial charge on any atom is -0.479 e. The Morgan fingerprint density at radius 3 is 1.07 bits per heavy atom. The maximum atomic E-state index is 12.8. The number of pyridine rings is 3. The first-order chi connectivity index (χ1) is 39.8. The zero-order valence-corrected chi connectivity index (χ0v) is 53.0. The van der Waals surface area contributed by atoms with Gasteiger partial charge in [0.2, 0.25) is 0 Å². The molecule has 0 radical (unpaired) electrons. The summed E-state index contributed by atoms with van der Waals surface area (Å²) in [6.45, 7) is 25.0. The van der Waals surface area contributed by atoms with Crippen LogP contribution in [0.1, 0.15) is 193 Å². The molecular formula is C67H89N9O9. The molecule has 18 nitrogen and oxygen atoms in total. The van der Waals surface area contributed by atoms with Gasteiger partial charge in [0, 0.05) is 91.7 Å². The van der Waals surface area contributed by atoms with Crippen LogP contribution in [0, 0.1) is 16.2 Å². The third kappa shape index (κ3) is 16.1. The van der Waals surface area contributed by atoms with Gasteiger partial charge in [-0.2, -0.15) is 15.3 Å². The van der Waals surface area contributed by atoms with Crippen LogP contribution in [0.15, 0.2) is 91.8 Å². The highest BCUT2D eigenvalue weighted by atomic mass is 16.6. The molecule has 0 fully saturated rings. The van der Waals surface area contributed by atoms with Gasteiger partial charge in [0.15, 0.2) is 18.3 Å². The van der Waals surface area contributed by atoms with Crippen molar-refractivity contribution in [3.8, 4) is 33.8 Å². The second-order valence-corrected chi connectivity index (χ2v) is 26.7. The molecule has 3 aliphatic rings. The van der Waals surface area contributed by atoms with Crippen molar-refractivity contribution < 1.29 is 43.5 Å². The molecule has 6 aromatic rings. The van der Waals surface area contributed by atoms with Crippen LogP contribution in [0.2, 0.25) is 0 Å². The first-order valence-corrected chi connectivity index (χ1v) is 29.3. The maximum absolute atomic E-state index is 12.8. The van der Waals surface area contributed by atoms with E-state index in [0.717, 1.165) is 125 Å². The average Bonchev–Trinajstić information content (AvgIpc) is 1.98.